The van der Waals surface area contributed by atoms with Crippen molar-refractivity contribution in [1.82, 2.24) is 20.5 Å². The Morgan fingerprint density at radius 3 is 2.83 bits per heavy atom. The summed E-state index contributed by atoms with van der Waals surface area (Å²) in [6, 6.07) is 5.82. The van der Waals surface area contributed by atoms with Crippen LogP contribution in [0.3, 0.4) is 0 Å². The number of urea groups is 1. The molecule has 2 amide bonds. The number of nitrogens with zero attached hydrogens (tertiary/aromatic N) is 2. The van der Waals surface area contributed by atoms with Gasteiger partial charge in [0.2, 0.25) is 0 Å². The molecule has 2 atom stereocenters. The van der Waals surface area contributed by atoms with E-state index in [1.807, 2.05) is 18.2 Å². The average Bonchev–Trinajstić information content (AvgIpc) is 3.16. The Bertz CT molecular complexity index is 502. The van der Waals surface area contributed by atoms with E-state index in [1.165, 1.54) is 0 Å². The van der Waals surface area contributed by atoms with Crippen LogP contribution in [0.25, 0.3) is 0 Å². The minimum atomic E-state index is -0.155. The molecule has 0 unspecified atom stereocenters. The Hall–Kier alpha value is -1.70. The van der Waals surface area contributed by atoms with Gasteiger partial charge in [0.15, 0.2) is 0 Å². The molecule has 0 saturated carbocycles. The highest BCUT2D eigenvalue weighted by molar-refractivity contribution is 5.73. The number of ether oxygens (including phenoxy) is 2. The number of hydrogen-bond donors (Lipinski definition) is 2. The zero-order valence-corrected chi connectivity index (χ0v) is 13.9. The molecule has 2 aliphatic rings. The van der Waals surface area contributed by atoms with Crippen molar-refractivity contribution in [3.05, 3.63) is 30.1 Å². The molecule has 7 nitrogen and oxygen atoms in total. The monoisotopic (exact) mass is 334 g/mol. The molecule has 2 N–H and O–H groups in total. The molecule has 2 fully saturated rings. The number of carbonyl (C=O) groups excluding carboxylic acids is 1. The molecular formula is C17H26N4O3. The second-order valence-electron chi connectivity index (χ2n) is 6.22. The first kappa shape index (κ1) is 17.1. The number of amides is 2. The Kier molecular flexibility index (Phi) is 6.40. The van der Waals surface area contributed by atoms with Crippen molar-refractivity contribution in [2.45, 2.75) is 19.0 Å². The summed E-state index contributed by atoms with van der Waals surface area (Å²) in [5, 5.41) is 5.87. The third-order valence-electron chi connectivity index (χ3n) is 4.65. The lowest BCUT2D eigenvalue weighted by atomic mass is 9.97. The van der Waals surface area contributed by atoms with Crippen LogP contribution >= 0.6 is 0 Å². The highest BCUT2D eigenvalue weighted by Crippen LogP contribution is 2.21. The summed E-state index contributed by atoms with van der Waals surface area (Å²) in [5.41, 5.74) is 0.849. The van der Waals surface area contributed by atoms with Crippen molar-refractivity contribution in [1.29, 1.82) is 0 Å². The predicted octanol–water partition coefficient (Wildman–Crippen LogP) is 0.618. The maximum Gasteiger partial charge on any atom is 0.315 e. The summed E-state index contributed by atoms with van der Waals surface area (Å²) in [4.78, 5) is 18.7. The van der Waals surface area contributed by atoms with Crippen LogP contribution in [0.4, 0.5) is 4.79 Å². The van der Waals surface area contributed by atoms with Crippen molar-refractivity contribution in [2.24, 2.45) is 5.92 Å². The van der Waals surface area contributed by atoms with Crippen molar-refractivity contribution in [3.63, 3.8) is 0 Å². The van der Waals surface area contributed by atoms with E-state index >= 15 is 0 Å². The maximum atomic E-state index is 12.1. The zero-order chi connectivity index (χ0) is 16.6. The SMILES string of the molecule is O=C(NCc1ccccn1)NC[C@@H]([C@@H]1CCOC1)N1CCOCC1. The van der Waals surface area contributed by atoms with Gasteiger partial charge in [-0.15, -0.1) is 0 Å². The molecule has 132 valence electrons. The molecule has 0 aromatic carbocycles. The molecule has 3 heterocycles. The van der Waals surface area contributed by atoms with E-state index in [0.29, 0.717) is 25.0 Å². The quantitative estimate of drug-likeness (QED) is 0.798. The molecule has 7 heteroatoms. The van der Waals surface area contributed by atoms with E-state index in [2.05, 4.69) is 20.5 Å². The van der Waals surface area contributed by atoms with Gasteiger partial charge in [0, 0.05) is 44.4 Å². The Labute approximate surface area is 142 Å². The van der Waals surface area contributed by atoms with Crippen LogP contribution < -0.4 is 10.6 Å². The summed E-state index contributed by atoms with van der Waals surface area (Å²) < 4.78 is 11.0. The van der Waals surface area contributed by atoms with E-state index < -0.39 is 0 Å². The number of pyridine rings is 1. The lowest BCUT2D eigenvalue weighted by Crippen LogP contribution is -2.53. The molecule has 2 saturated heterocycles. The van der Waals surface area contributed by atoms with Gasteiger partial charge in [-0.25, -0.2) is 4.79 Å². The van der Waals surface area contributed by atoms with E-state index in [4.69, 9.17) is 9.47 Å². The normalized spacial score (nSPS) is 22.9. The van der Waals surface area contributed by atoms with Gasteiger partial charge in [0.1, 0.15) is 0 Å². The summed E-state index contributed by atoms with van der Waals surface area (Å²) in [6.07, 6.45) is 2.78. The van der Waals surface area contributed by atoms with E-state index in [9.17, 15) is 4.79 Å². The summed E-state index contributed by atoms with van der Waals surface area (Å²) >= 11 is 0. The van der Waals surface area contributed by atoms with Crippen LogP contribution in [-0.4, -0.2) is 68.0 Å². The van der Waals surface area contributed by atoms with Crippen LogP contribution in [0.1, 0.15) is 12.1 Å². The maximum absolute atomic E-state index is 12.1. The first-order valence-electron chi connectivity index (χ1n) is 8.64. The van der Waals surface area contributed by atoms with E-state index in [-0.39, 0.29) is 6.03 Å². The minimum absolute atomic E-state index is 0.155. The predicted molar refractivity (Wildman–Crippen MR) is 89.6 cm³/mol. The van der Waals surface area contributed by atoms with Gasteiger partial charge in [0.25, 0.3) is 0 Å². The highest BCUT2D eigenvalue weighted by atomic mass is 16.5. The van der Waals surface area contributed by atoms with Crippen molar-refractivity contribution < 1.29 is 14.3 Å². The molecule has 2 aliphatic heterocycles. The third-order valence-corrected chi connectivity index (χ3v) is 4.65. The van der Waals surface area contributed by atoms with E-state index in [1.54, 1.807) is 6.20 Å². The smallest absolute Gasteiger partial charge is 0.315 e. The molecule has 0 bridgehead atoms. The lowest BCUT2D eigenvalue weighted by molar-refractivity contribution is 0.00212. The Morgan fingerprint density at radius 1 is 1.25 bits per heavy atom. The van der Waals surface area contributed by atoms with Gasteiger partial charge >= 0.3 is 6.03 Å². The number of hydrogen-bond acceptors (Lipinski definition) is 5. The fourth-order valence-electron chi connectivity index (χ4n) is 3.29. The van der Waals surface area contributed by atoms with Crippen LogP contribution in [-0.2, 0) is 16.0 Å². The molecule has 0 aliphatic carbocycles. The first-order valence-corrected chi connectivity index (χ1v) is 8.64. The highest BCUT2D eigenvalue weighted by Gasteiger charge is 2.31. The lowest BCUT2D eigenvalue weighted by Gasteiger charge is -2.37. The summed E-state index contributed by atoms with van der Waals surface area (Å²) in [7, 11) is 0. The van der Waals surface area contributed by atoms with Crippen molar-refractivity contribution in [2.75, 3.05) is 46.1 Å². The molecule has 1 aromatic heterocycles. The molecule has 3 rings (SSSR count). The number of morpholine rings is 1. The van der Waals surface area contributed by atoms with Crippen LogP contribution in [0.2, 0.25) is 0 Å². The number of carbonyl (C=O) groups is 1. The summed E-state index contributed by atoms with van der Waals surface area (Å²) in [5.74, 6) is 0.471. The minimum Gasteiger partial charge on any atom is -0.381 e. The summed E-state index contributed by atoms with van der Waals surface area (Å²) in [6.45, 7) is 6.00. The Morgan fingerprint density at radius 2 is 2.12 bits per heavy atom. The van der Waals surface area contributed by atoms with Gasteiger partial charge in [-0.2, -0.15) is 0 Å². The Balaban J connectivity index is 1.47. The largest absolute Gasteiger partial charge is 0.381 e. The second kappa shape index (κ2) is 8.96. The molecule has 1 aromatic rings. The molecule has 0 radical (unpaired) electrons. The van der Waals surface area contributed by atoms with Crippen molar-refractivity contribution >= 4 is 6.03 Å². The standard InChI is InChI=1S/C17H26N4O3/c22-17(19-11-15-3-1-2-5-18-15)20-12-16(14-4-8-24-13-14)21-6-9-23-10-7-21/h1-3,5,14,16H,4,6-13H2,(H2,19,20,22)/t14-,16+/m1/s1. The van der Waals surface area contributed by atoms with Gasteiger partial charge in [-0.1, -0.05) is 6.07 Å². The second-order valence-corrected chi connectivity index (χ2v) is 6.22. The molecule has 24 heavy (non-hydrogen) atoms. The topological polar surface area (TPSA) is 75.7 Å². The van der Waals surface area contributed by atoms with Crippen LogP contribution in [0.15, 0.2) is 24.4 Å². The molecular weight excluding hydrogens is 308 g/mol. The van der Waals surface area contributed by atoms with Gasteiger partial charge in [-0.3, -0.25) is 9.88 Å². The number of aromatic nitrogens is 1. The third kappa shape index (κ3) is 4.90. The van der Waals surface area contributed by atoms with Gasteiger partial charge < -0.3 is 20.1 Å². The zero-order valence-electron chi connectivity index (χ0n) is 13.9. The van der Waals surface area contributed by atoms with Crippen LogP contribution in [0, 0.1) is 5.92 Å². The fraction of sp³-hybridized carbons (Fsp3) is 0.647. The number of rotatable bonds is 6. The molecule has 0 spiro atoms. The van der Waals surface area contributed by atoms with Crippen molar-refractivity contribution in [3.8, 4) is 0 Å². The average molecular weight is 334 g/mol. The van der Waals surface area contributed by atoms with Gasteiger partial charge in [-0.05, 0) is 18.6 Å². The number of nitrogens with one attached hydrogen (secondary N) is 2. The van der Waals surface area contributed by atoms with Crippen LogP contribution in [0.5, 0.6) is 0 Å². The fourth-order valence-corrected chi connectivity index (χ4v) is 3.29. The van der Waals surface area contributed by atoms with E-state index in [0.717, 1.165) is 51.6 Å². The van der Waals surface area contributed by atoms with Gasteiger partial charge in [0.05, 0.1) is 32.1 Å². The first-order chi connectivity index (χ1) is 11.8.